The molecule has 0 spiro atoms. The number of halogens is 2. The van der Waals surface area contributed by atoms with Gasteiger partial charge >= 0.3 is 0 Å². The Balaban J connectivity index is 1.66. The quantitative estimate of drug-likeness (QED) is 0.497. The van der Waals surface area contributed by atoms with Gasteiger partial charge in [0.1, 0.15) is 11.5 Å². The number of hydrogen-bond acceptors (Lipinski definition) is 3. The molecule has 0 atom stereocenters. The maximum Gasteiger partial charge on any atom is 0.271 e. The van der Waals surface area contributed by atoms with Gasteiger partial charge in [-0.1, -0.05) is 35.3 Å². The zero-order valence-corrected chi connectivity index (χ0v) is 14.8. The number of aryl methyl sites for hydroxylation is 1. The number of benzene rings is 2. The lowest BCUT2D eigenvalue weighted by atomic mass is 10.1. The molecule has 0 aliphatic heterocycles. The van der Waals surface area contributed by atoms with Gasteiger partial charge in [-0.25, -0.2) is 5.43 Å². The normalized spacial score (nSPS) is 11.0. The first-order chi connectivity index (χ1) is 12.0. The largest absolute Gasteiger partial charge is 0.455 e. The summed E-state index contributed by atoms with van der Waals surface area (Å²) in [6.07, 6.45) is 1.44. The Labute approximate surface area is 155 Å². The summed E-state index contributed by atoms with van der Waals surface area (Å²) < 4.78 is 5.69. The highest BCUT2D eigenvalue weighted by Gasteiger charge is 2.06. The molecule has 4 nitrogen and oxygen atoms in total. The highest BCUT2D eigenvalue weighted by molar-refractivity contribution is 6.31. The van der Waals surface area contributed by atoms with Crippen LogP contribution in [0.3, 0.4) is 0 Å². The Morgan fingerprint density at radius 2 is 1.84 bits per heavy atom. The highest BCUT2D eigenvalue weighted by Crippen LogP contribution is 2.26. The molecular weight excluding hydrogens is 359 g/mol. The van der Waals surface area contributed by atoms with Gasteiger partial charge in [0.2, 0.25) is 0 Å². The van der Waals surface area contributed by atoms with Crippen LogP contribution in [0, 0.1) is 6.92 Å². The first-order valence-corrected chi connectivity index (χ1v) is 8.24. The molecular formula is C19H14Cl2N2O2. The molecule has 0 radical (unpaired) electrons. The number of carbonyl (C=O) groups is 1. The van der Waals surface area contributed by atoms with E-state index in [0.717, 1.165) is 11.1 Å². The number of rotatable bonds is 4. The molecule has 6 heteroatoms. The number of carbonyl (C=O) groups excluding carboxylic acids is 1. The molecule has 3 aromatic rings. The van der Waals surface area contributed by atoms with E-state index in [1.165, 1.54) is 6.21 Å². The second kappa shape index (κ2) is 7.55. The summed E-state index contributed by atoms with van der Waals surface area (Å²) in [6, 6.07) is 15.8. The summed E-state index contributed by atoms with van der Waals surface area (Å²) >= 11 is 11.9. The van der Waals surface area contributed by atoms with Crippen molar-refractivity contribution in [2.45, 2.75) is 6.92 Å². The fourth-order valence-corrected chi connectivity index (χ4v) is 2.45. The van der Waals surface area contributed by atoms with Crippen LogP contribution in [0.1, 0.15) is 21.7 Å². The molecule has 25 heavy (non-hydrogen) atoms. The Kier molecular flexibility index (Phi) is 5.22. The summed E-state index contributed by atoms with van der Waals surface area (Å²) in [7, 11) is 0. The van der Waals surface area contributed by atoms with Crippen LogP contribution in [0.5, 0.6) is 0 Å². The van der Waals surface area contributed by atoms with Crippen LogP contribution in [0.2, 0.25) is 10.0 Å². The Morgan fingerprint density at radius 1 is 1.08 bits per heavy atom. The highest BCUT2D eigenvalue weighted by atomic mass is 35.5. The zero-order chi connectivity index (χ0) is 17.8. The topological polar surface area (TPSA) is 54.6 Å². The number of amides is 1. The summed E-state index contributed by atoms with van der Waals surface area (Å²) in [5, 5.41) is 5.15. The Hall–Kier alpha value is -2.56. The maximum absolute atomic E-state index is 11.9. The van der Waals surface area contributed by atoms with E-state index >= 15 is 0 Å². The number of hydrazone groups is 1. The smallest absolute Gasteiger partial charge is 0.271 e. The Morgan fingerprint density at radius 3 is 2.56 bits per heavy atom. The Bertz CT molecular complexity index is 931. The molecule has 0 saturated heterocycles. The van der Waals surface area contributed by atoms with Gasteiger partial charge < -0.3 is 4.42 Å². The minimum atomic E-state index is -0.329. The van der Waals surface area contributed by atoms with Crippen molar-refractivity contribution in [2.75, 3.05) is 0 Å². The van der Waals surface area contributed by atoms with Crippen molar-refractivity contribution in [1.82, 2.24) is 5.43 Å². The van der Waals surface area contributed by atoms with Crippen molar-refractivity contribution in [2.24, 2.45) is 5.10 Å². The molecule has 0 aliphatic carbocycles. The van der Waals surface area contributed by atoms with E-state index in [-0.39, 0.29) is 5.91 Å². The van der Waals surface area contributed by atoms with Gasteiger partial charge in [0, 0.05) is 21.2 Å². The first-order valence-electron chi connectivity index (χ1n) is 7.48. The van der Waals surface area contributed by atoms with Crippen LogP contribution in [0.15, 0.2) is 64.1 Å². The molecule has 0 bridgehead atoms. The third kappa shape index (κ3) is 4.29. The van der Waals surface area contributed by atoms with Gasteiger partial charge in [0.05, 0.1) is 6.21 Å². The average molecular weight is 373 g/mol. The fraction of sp³-hybridized carbons (Fsp3) is 0.0526. The van der Waals surface area contributed by atoms with E-state index in [2.05, 4.69) is 10.5 Å². The predicted octanol–water partition coefficient (Wildman–Crippen LogP) is 5.33. The first kappa shape index (κ1) is 17.3. The summed E-state index contributed by atoms with van der Waals surface area (Å²) in [4.78, 5) is 11.9. The van der Waals surface area contributed by atoms with Gasteiger partial charge in [0.15, 0.2) is 0 Å². The van der Waals surface area contributed by atoms with Gasteiger partial charge in [-0.2, -0.15) is 5.10 Å². The van der Waals surface area contributed by atoms with Crippen LogP contribution in [0.25, 0.3) is 11.3 Å². The van der Waals surface area contributed by atoms with Crippen LogP contribution in [0.4, 0.5) is 0 Å². The van der Waals surface area contributed by atoms with E-state index in [9.17, 15) is 4.79 Å². The summed E-state index contributed by atoms with van der Waals surface area (Å²) in [5.74, 6) is 0.862. The lowest BCUT2D eigenvalue weighted by Crippen LogP contribution is -2.17. The standard InChI is InChI=1S/C19H14Cl2N2O2/c1-12-2-3-14(10-17(12)21)18-9-8-16(25-18)11-22-23-19(24)13-4-6-15(20)7-5-13/h2-11H,1H3,(H,23,24)/b22-11+. The molecule has 2 aromatic carbocycles. The molecule has 0 aliphatic rings. The van der Waals surface area contributed by atoms with Crippen LogP contribution >= 0.6 is 23.2 Å². The van der Waals surface area contributed by atoms with Crippen molar-refractivity contribution in [3.05, 3.63) is 81.5 Å². The van der Waals surface area contributed by atoms with Crippen molar-refractivity contribution in [3.8, 4) is 11.3 Å². The molecule has 0 unspecified atom stereocenters. The molecule has 1 N–H and O–H groups in total. The van der Waals surface area contributed by atoms with Crippen molar-refractivity contribution >= 4 is 35.3 Å². The third-order valence-corrected chi connectivity index (χ3v) is 4.21. The molecule has 0 saturated carbocycles. The van der Waals surface area contributed by atoms with E-state index in [1.54, 1.807) is 30.3 Å². The fourth-order valence-electron chi connectivity index (χ4n) is 2.14. The van der Waals surface area contributed by atoms with E-state index in [1.807, 2.05) is 31.2 Å². The lowest BCUT2D eigenvalue weighted by molar-refractivity contribution is 0.0955. The van der Waals surface area contributed by atoms with E-state index in [0.29, 0.717) is 27.1 Å². The van der Waals surface area contributed by atoms with Gasteiger partial charge in [0.25, 0.3) is 5.91 Å². The van der Waals surface area contributed by atoms with Crippen LogP contribution in [-0.4, -0.2) is 12.1 Å². The van der Waals surface area contributed by atoms with E-state index < -0.39 is 0 Å². The monoisotopic (exact) mass is 372 g/mol. The molecule has 1 aromatic heterocycles. The average Bonchev–Trinajstić information content (AvgIpc) is 3.07. The number of nitrogens with zero attached hydrogens (tertiary/aromatic N) is 1. The molecule has 3 rings (SSSR count). The van der Waals surface area contributed by atoms with Crippen LogP contribution < -0.4 is 5.43 Å². The number of nitrogens with one attached hydrogen (secondary N) is 1. The van der Waals surface area contributed by atoms with E-state index in [4.69, 9.17) is 27.6 Å². The molecule has 126 valence electrons. The minimum absolute atomic E-state index is 0.329. The SMILES string of the molecule is Cc1ccc(-c2ccc(/C=N/NC(=O)c3ccc(Cl)cc3)o2)cc1Cl. The molecule has 1 heterocycles. The van der Waals surface area contributed by atoms with Gasteiger partial charge in [-0.15, -0.1) is 0 Å². The van der Waals surface area contributed by atoms with Gasteiger partial charge in [-0.3, -0.25) is 4.79 Å². The second-order valence-corrected chi connectivity index (χ2v) is 6.22. The zero-order valence-electron chi connectivity index (χ0n) is 13.3. The number of hydrogen-bond donors (Lipinski definition) is 1. The predicted molar refractivity (Wildman–Crippen MR) is 100 cm³/mol. The summed E-state index contributed by atoms with van der Waals surface area (Å²) in [6.45, 7) is 1.94. The van der Waals surface area contributed by atoms with Crippen molar-refractivity contribution < 1.29 is 9.21 Å². The third-order valence-electron chi connectivity index (χ3n) is 3.55. The maximum atomic E-state index is 11.9. The van der Waals surface area contributed by atoms with Crippen molar-refractivity contribution in [3.63, 3.8) is 0 Å². The summed E-state index contributed by atoms with van der Waals surface area (Å²) in [5.41, 5.74) is 4.79. The molecule has 1 amide bonds. The minimum Gasteiger partial charge on any atom is -0.455 e. The van der Waals surface area contributed by atoms with Crippen LogP contribution in [-0.2, 0) is 0 Å². The lowest BCUT2D eigenvalue weighted by Gasteiger charge is -2.01. The number of furan rings is 1. The van der Waals surface area contributed by atoms with Crippen molar-refractivity contribution in [1.29, 1.82) is 0 Å². The van der Waals surface area contributed by atoms with Gasteiger partial charge in [-0.05, 0) is 55.0 Å². The second-order valence-electron chi connectivity index (χ2n) is 5.37. The molecule has 0 fully saturated rings.